The molecule has 0 atom stereocenters. The molecule has 2 rings (SSSR count). The van der Waals surface area contributed by atoms with Crippen molar-refractivity contribution in [2.45, 2.75) is 19.9 Å². The van der Waals surface area contributed by atoms with E-state index >= 15 is 0 Å². The fraction of sp³-hybridized carbons (Fsp3) is 0.308. The van der Waals surface area contributed by atoms with Crippen LogP contribution in [0.15, 0.2) is 35.1 Å². The van der Waals surface area contributed by atoms with Crippen molar-refractivity contribution in [2.24, 2.45) is 0 Å². The molecule has 0 bridgehead atoms. The molecular weight excluding hydrogens is 296 g/mol. The van der Waals surface area contributed by atoms with Crippen LogP contribution in [0.2, 0.25) is 0 Å². The quantitative estimate of drug-likeness (QED) is 0.855. The van der Waals surface area contributed by atoms with Gasteiger partial charge in [-0.05, 0) is 41.9 Å². The molecule has 96 valence electrons. The molecule has 0 saturated carbocycles. The molecule has 5 heteroatoms. The van der Waals surface area contributed by atoms with E-state index in [0.29, 0.717) is 11.8 Å². The summed E-state index contributed by atoms with van der Waals surface area (Å²) in [4.78, 5) is 4.24. The number of methoxy groups -OCH3 is 1. The number of rotatable bonds is 4. The van der Waals surface area contributed by atoms with Crippen molar-refractivity contribution in [3.8, 4) is 17.5 Å². The van der Waals surface area contributed by atoms with Crippen molar-refractivity contribution in [3.63, 3.8) is 0 Å². The Morgan fingerprint density at radius 2 is 2.00 bits per heavy atom. The molecule has 0 fully saturated rings. The number of nitrogens with zero attached hydrogens (tertiary/aromatic N) is 2. The Kier molecular flexibility index (Phi) is 3.91. The summed E-state index contributed by atoms with van der Waals surface area (Å²) in [6, 6.07) is 8.28. The van der Waals surface area contributed by atoms with E-state index in [1.165, 1.54) is 0 Å². The monoisotopic (exact) mass is 310 g/mol. The SMILES string of the molecule is COc1cccc(Oc2ncc(Br)n2C(C)C)c1. The fourth-order valence-corrected chi connectivity index (χ4v) is 2.30. The van der Waals surface area contributed by atoms with Crippen LogP contribution in [0.25, 0.3) is 0 Å². The van der Waals surface area contributed by atoms with E-state index < -0.39 is 0 Å². The van der Waals surface area contributed by atoms with Gasteiger partial charge in [-0.15, -0.1) is 0 Å². The molecule has 0 spiro atoms. The van der Waals surface area contributed by atoms with Gasteiger partial charge in [0.2, 0.25) is 0 Å². The third kappa shape index (κ3) is 2.67. The molecule has 1 aromatic carbocycles. The van der Waals surface area contributed by atoms with Gasteiger partial charge in [-0.3, -0.25) is 4.57 Å². The highest BCUT2D eigenvalue weighted by atomic mass is 79.9. The van der Waals surface area contributed by atoms with Crippen molar-refractivity contribution in [1.29, 1.82) is 0 Å². The van der Waals surface area contributed by atoms with Crippen LogP contribution in [0.4, 0.5) is 0 Å². The van der Waals surface area contributed by atoms with E-state index in [1.807, 2.05) is 28.8 Å². The van der Waals surface area contributed by atoms with Gasteiger partial charge in [-0.25, -0.2) is 4.98 Å². The highest BCUT2D eigenvalue weighted by molar-refractivity contribution is 9.10. The molecule has 0 unspecified atom stereocenters. The lowest BCUT2D eigenvalue weighted by Crippen LogP contribution is -2.03. The van der Waals surface area contributed by atoms with Crippen molar-refractivity contribution in [1.82, 2.24) is 9.55 Å². The highest BCUT2D eigenvalue weighted by Gasteiger charge is 2.13. The first-order chi connectivity index (χ1) is 8.61. The average molecular weight is 311 g/mol. The van der Waals surface area contributed by atoms with E-state index in [4.69, 9.17) is 9.47 Å². The summed E-state index contributed by atoms with van der Waals surface area (Å²) in [5.74, 6) is 1.46. The molecule has 0 aliphatic rings. The largest absolute Gasteiger partial charge is 0.497 e. The first-order valence-corrected chi connectivity index (χ1v) is 6.45. The number of imidazole rings is 1. The van der Waals surface area contributed by atoms with Gasteiger partial charge in [0.1, 0.15) is 16.1 Å². The van der Waals surface area contributed by atoms with Crippen LogP contribution < -0.4 is 9.47 Å². The van der Waals surface area contributed by atoms with Crippen LogP contribution in [0.1, 0.15) is 19.9 Å². The molecule has 0 saturated heterocycles. The second kappa shape index (κ2) is 5.44. The normalized spacial score (nSPS) is 10.7. The van der Waals surface area contributed by atoms with Crippen molar-refractivity contribution < 1.29 is 9.47 Å². The minimum Gasteiger partial charge on any atom is -0.497 e. The van der Waals surface area contributed by atoms with Crippen molar-refractivity contribution in [2.75, 3.05) is 7.11 Å². The molecular formula is C13H15BrN2O2. The lowest BCUT2D eigenvalue weighted by molar-refractivity contribution is 0.384. The van der Waals surface area contributed by atoms with Gasteiger partial charge in [-0.1, -0.05) is 6.07 Å². The Bertz CT molecular complexity index is 538. The standard InChI is InChI=1S/C13H15BrN2O2/c1-9(2)16-12(14)8-15-13(16)18-11-6-4-5-10(7-11)17-3/h4-9H,1-3H3. The molecule has 0 radical (unpaired) electrons. The molecule has 0 aliphatic carbocycles. The van der Waals surface area contributed by atoms with Gasteiger partial charge in [0.25, 0.3) is 0 Å². The molecule has 1 aromatic heterocycles. The van der Waals surface area contributed by atoms with E-state index in [0.717, 1.165) is 10.4 Å². The van der Waals surface area contributed by atoms with Gasteiger partial charge in [0.15, 0.2) is 0 Å². The summed E-state index contributed by atoms with van der Waals surface area (Å²) in [5.41, 5.74) is 0. The number of halogens is 1. The van der Waals surface area contributed by atoms with Gasteiger partial charge < -0.3 is 9.47 Å². The second-order valence-corrected chi connectivity index (χ2v) is 4.92. The molecule has 1 heterocycles. The first-order valence-electron chi connectivity index (χ1n) is 5.66. The summed E-state index contributed by atoms with van der Waals surface area (Å²) >= 11 is 3.45. The molecule has 0 N–H and O–H groups in total. The topological polar surface area (TPSA) is 36.3 Å². The molecule has 4 nitrogen and oxygen atoms in total. The van der Waals surface area contributed by atoms with Crippen LogP contribution in [-0.2, 0) is 0 Å². The minimum absolute atomic E-state index is 0.266. The number of hydrogen-bond donors (Lipinski definition) is 0. The Hall–Kier alpha value is -1.49. The number of aromatic nitrogens is 2. The Morgan fingerprint density at radius 1 is 1.28 bits per heavy atom. The fourth-order valence-electron chi connectivity index (χ4n) is 1.64. The Morgan fingerprint density at radius 3 is 2.67 bits per heavy atom. The smallest absolute Gasteiger partial charge is 0.302 e. The molecule has 2 aromatic rings. The number of benzene rings is 1. The Balaban J connectivity index is 2.28. The van der Waals surface area contributed by atoms with Crippen LogP contribution in [0, 0.1) is 0 Å². The zero-order valence-electron chi connectivity index (χ0n) is 10.6. The molecule has 0 amide bonds. The number of hydrogen-bond acceptors (Lipinski definition) is 3. The van der Waals surface area contributed by atoms with Crippen LogP contribution in [-0.4, -0.2) is 16.7 Å². The van der Waals surface area contributed by atoms with Crippen LogP contribution >= 0.6 is 15.9 Å². The van der Waals surface area contributed by atoms with Gasteiger partial charge in [-0.2, -0.15) is 0 Å². The first kappa shape index (κ1) is 13.0. The zero-order chi connectivity index (χ0) is 13.1. The highest BCUT2D eigenvalue weighted by Crippen LogP contribution is 2.29. The van der Waals surface area contributed by atoms with Crippen LogP contribution in [0.3, 0.4) is 0 Å². The maximum atomic E-state index is 5.78. The predicted molar refractivity (Wildman–Crippen MR) is 73.4 cm³/mol. The van der Waals surface area contributed by atoms with E-state index in [2.05, 4.69) is 34.8 Å². The molecule has 18 heavy (non-hydrogen) atoms. The van der Waals surface area contributed by atoms with Gasteiger partial charge in [0.05, 0.1) is 13.3 Å². The van der Waals surface area contributed by atoms with Crippen molar-refractivity contribution >= 4 is 15.9 Å². The Labute approximate surface area is 115 Å². The summed E-state index contributed by atoms with van der Waals surface area (Å²) in [7, 11) is 1.63. The third-order valence-electron chi connectivity index (χ3n) is 2.48. The lowest BCUT2D eigenvalue weighted by Gasteiger charge is -2.13. The summed E-state index contributed by atoms with van der Waals surface area (Å²) < 4.78 is 13.8. The van der Waals surface area contributed by atoms with E-state index in [1.54, 1.807) is 13.3 Å². The van der Waals surface area contributed by atoms with Crippen molar-refractivity contribution in [3.05, 3.63) is 35.1 Å². The maximum absolute atomic E-state index is 5.78. The summed E-state index contributed by atoms with van der Waals surface area (Å²) in [6.07, 6.45) is 1.73. The summed E-state index contributed by atoms with van der Waals surface area (Å²) in [6.45, 7) is 4.15. The van der Waals surface area contributed by atoms with Crippen LogP contribution in [0.5, 0.6) is 17.5 Å². The van der Waals surface area contributed by atoms with Gasteiger partial charge in [0, 0.05) is 12.1 Å². The average Bonchev–Trinajstić information content (AvgIpc) is 2.70. The van der Waals surface area contributed by atoms with E-state index in [9.17, 15) is 0 Å². The summed E-state index contributed by atoms with van der Waals surface area (Å²) in [5, 5.41) is 0. The lowest BCUT2D eigenvalue weighted by atomic mass is 10.3. The third-order valence-corrected chi connectivity index (χ3v) is 3.07. The van der Waals surface area contributed by atoms with Gasteiger partial charge >= 0.3 is 6.01 Å². The second-order valence-electron chi connectivity index (χ2n) is 4.11. The minimum atomic E-state index is 0.266. The van der Waals surface area contributed by atoms with E-state index in [-0.39, 0.29) is 6.04 Å². The zero-order valence-corrected chi connectivity index (χ0v) is 12.1. The number of ether oxygens (including phenoxy) is 2. The maximum Gasteiger partial charge on any atom is 0.302 e. The predicted octanol–water partition coefficient (Wildman–Crippen LogP) is 4.03. The molecule has 0 aliphatic heterocycles.